The molecule has 94 valence electrons. The summed E-state index contributed by atoms with van der Waals surface area (Å²) in [5.41, 5.74) is 5.57. The number of likely N-dealkylation sites (tertiary alicyclic amines) is 1. The number of piperidine rings is 2. The number of hydrogen-bond donors (Lipinski definition) is 2. The molecule has 2 heterocycles. The van der Waals surface area contributed by atoms with Crippen molar-refractivity contribution in [2.45, 2.75) is 51.1 Å². The summed E-state index contributed by atoms with van der Waals surface area (Å²) in [6.07, 6.45) is 10.1. The van der Waals surface area contributed by atoms with E-state index in [0.717, 1.165) is 12.5 Å². The second-order valence-corrected chi connectivity index (χ2v) is 5.38. The Bertz CT molecular complexity index is 182. The molecule has 0 aromatic rings. The van der Waals surface area contributed by atoms with Gasteiger partial charge >= 0.3 is 0 Å². The number of hydrogen-bond acceptors (Lipinski definition) is 3. The van der Waals surface area contributed by atoms with Gasteiger partial charge in [0.25, 0.3) is 0 Å². The van der Waals surface area contributed by atoms with Crippen molar-refractivity contribution in [3.05, 3.63) is 0 Å². The van der Waals surface area contributed by atoms with Crippen LogP contribution in [0.2, 0.25) is 0 Å². The summed E-state index contributed by atoms with van der Waals surface area (Å²) in [7, 11) is 0. The van der Waals surface area contributed by atoms with Gasteiger partial charge in [-0.25, -0.2) is 0 Å². The minimum absolute atomic E-state index is 0.684. The van der Waals surface area contributed by atoms with Crippen LogP contribution in [-0.2, 0) is 0 Å². The van der Waals surface area contributed by atoms with E-state index in [0.29, 0.717) is 6.17 Å². The van der Waals surface area contributed by atoms with Crippen molar-refractivity contribution in [1.29, 1.82) is 0 Å². The van der Waals surface area contributed by atoms with Crippen molar-refractivity contribution >= 4 is 0 Å². The van der Waals surface area contributed by atoms with Crippen molar-refractivity contribution in [2.75, 3.05) is 26.2 Å². The molecule has 0 aromatic carbocycles. The minimum atomic E-state index is 0.684. The predicted octanol–water partition coefficient (Wildman–Crippen LogP) is 1.54. The molecule has 0 aliphatic carbocycles. The Morgan fingerprint density at radius 1 is 1.12 bits per heavy atom. The summed E-state index contributed by atoms with van der Waals surface area (Å²) < 4.78 is 0. The van der Waals surface area contributed by atoms with Crippen LogP contribution in [0, 0.1) is 5.92 Å². The third kappa shape index (κ3) is 3.44. The maximum atomic E-state index is 5.57. The van der Waals surface area contributed by atoms with E-state index in [-0.39, 0.29) is 0 Å². The van der Waals surface area contributed by atoms with E-state index >= 15 is 0 Å². The van der Waals surface area contributed by atoms with E-state index < -0.39 is 0 Å². The van der Waals surface area contributed by atoms with Gasteiger partial charge in [0.05, 0.1) is 6.17 Å². The van der Waals surface area contributed by atoms with Gasteiger partial charge in [-0.15, -0.1) is 0 Å². The minimum Gasteiger partial charge on any atom is -0.330 e. The average molecular weight is 225 g/mol. The van der Waals surface area contributed by atoms with Crippen LogP contribution in [0.3, 0.4) is 0 Å². The molecule has 3 N–H and O–H groups in total. The van der Waals surface area contributed by atoms with Gasteiger partial charge in [-0.05, 0) is 77.0 Å². The highest BCUT2D eigenvalue weighted by molar-refractivity contribution is 4.79. The number of nitrogens with two attached hydrogens (primary N) is 1. The summed E-state index contributed by atoms with van der Waals surface area (Å²) in [6.45, 7) is 4.68. The SMILES string of the molecule is NCCCC1CCN(C2CCCCN2)CC1. The Morgan fingerprint density at radius 3 is 2.56 bits per heavy atom. The molecule has 2 rings (SSSR count). The fraction of sp³-hybridized carbons (Fsp3) is 1.00. The van der Waals surface area contributed by atoms with Gasteiger partial charge in [0.15, 0.2) is 0 Å². The lowest BCUT2D eigenvalue weighted by Crippen LogP contribution is -2.51. The molecular weight excluding hydrogens is 198 g/mol. The number of nitrogens with zero attached hydrogens (tertiary/aromatic N) is 1. The summed E-state index contributed by atoms with van der Waals surface area (Å²) in [6, 6.07) is 0. The van der Waals surface area contributed by atoms with Gasteiger partial charge in [-0.2, -0.15) is 0 Å². The van der Waals surface area contributed by atoms with Crippen LogP contribution in [0.1, 0.15) is 44.9 Å². The lowest BCUT2D eigenvalue weighted by molar-refractivity contribution is 0.0905. The molecule has 2 saturated heterocycles. The van der Waals surface area contributed by atoms with Crippen LogP contribution in [0.25, 0.3) is 0 Å². The monoisotopic (exact) mass is 225 g/mol. The van der Waals surface area contributed by atoms with Crippen molar-refractivity contribution < 1.29 is 0 Å². The zero-order chi connectivity index (χ0) is 11.2. The zero-order valence-corrected chi connectivity index (χ0v) is 10.5. The van der Waals surface area contributed by atoms with Gasteiger partial charge in [-0.3, -0.25) is 4.90 Å². The molecule has 0 radical (unpaired) electrons. The van der Waals surface area contributed by atoms with E-state index in [2.05, 4.69) is 10.2 Å². The number of nitrogens with one attached hydrogen (secondary N) is 1. The fourth-order valence-electron chi connectivity index (χ4n) is 3.10. The lowest BCUT2D eigenvalue weighted by Gasteiger charge is -2.39. The Labute approximate surface area is 99.8 Å². The maximum Gasteiger partial charge on any atom is 0.0597 e. The second-order valence-electron chi connectivity index (χ2n) is 5.38. The summed E-state index contributed by atoms with van der Waals surface area (Å²) in [5.74, 6) is 0.948. The van der Waals surface area contributed by atoms with E-state index in [1.54, 1.807) is 0 Å². The molecule has 0 amide bonds. The molecule has 2 aliphatic rings. The molecule has 0 bridgehead atoms. The topological polar surface area (TPSA) is 41.3 Å². The van der Waals surface area contributed by atoms with Gasteiger partial charge in [0.2, 0.25) is 0 Å². The summed E-state index contributed by atoms with van der Waals surface area (Å²) in [5, 5.41) is 3.65. The van der Waals surface area contributed by atoms with Crippen LogP contribution in [-0.4, -0.2) is 37.2 Å². The Balaban J connectivity index is 1.67. The highest BCUT2D eigenvalue weighted by Gasteiger charge is 2.25. The van der Waals surface area contributed by atoms with Gasteiger partial charge in [-0.1, -0.05) is 0 Å². The highest BCUT2D eigenvalue weighted by Crippen LogP contribution is 2.24. The standard InChI is InChI=1S/C13H27N3/c14-8-3-4-12-6-10-16(11-7-12)13-5-1-2-9-15-13/h12-13,15H,1-11,14H2. The Kier molecular flexibility index (Phi) is 5.07. The first-order chi connectivity index (χ1) is 7.90. The van der Waals surface area contributed by atoms with Crippen LogP contribution in [0.15, 0.2) is 0 Å². The smallest absolute Gasteiger partial charge is 0.0597 e. The normalized spacial score (nSPS) is 29.4. The van der Waals surface area contributed by atoms with E-state index in [1.807, 2.05) is 0 Å². The zero-order valence-electron chi connectivity index (χ0n) is 10.5. The molecule has 16 heavy (non-hydrogen) atoms. The first-order valence-corrected chi connectivity index (χ1v) is 7.07. The van der Waals surface area contributed by atoms with Crippen LogP contribution in [0.4, 0.5) is 0 Å². The molecule has 2 fully saturated rings. The lowest BCUT2D eigenvalue weighted by atomic mass is 9.91. The molecule has 0 spiro atoms. The quantitative estimate of drug-likeness (QED) is 0.762. The van der Waals surface area contributed by atoms with Gasteiger partial charge < -0.3 is 11.1 Å². The average Bonchev–Trinajstić information content (AvgIpc) is 2.38. The number of rotatable bonds is 4. The van der Waals surface area contributed by atoms with Gasteiger partial charge in [0.1, 0.15) is 0 Å². The predicted molar refractivity (Wildman–Crippen MR) is 68.2 cm³/mol. The molecular formula is C13H27N3. The first-order valence-electron chi connectivity index (χ1n) is 7.07. The largest absolute Gasteiger partial charge is 0.330 e. The van der Waals surface area contributed by atoms with Gasteiger partial charge in [0, 0.05) is 0 Å². The molecule has 0 saturated carbocycles. The van der Waals surface area contributed by atoms with Crippen LogP contribution in [0.5, 0.6) is 0 Å². The van der Waals surface area contributed by atoms with Crippen molar-refractivity contribution in [1.82, 2.24) is 10.2 Å². The fourth-order valence-corrected chi connectivity index (χ4v) is 3.10. The van der Waals surface area contributed by atoms with E-state index in [4.69, 9.17) is 5.73 Å². The summed E-state index contributed by atoms with van der Waals surface area (Å²) >= 11 is 0. The third-order valence-electron chi connectivity index (χ3n) is 4.19. The Hall–Kier alpha value is -0.120. The molecule has 1 unspecified atom stereocenters. The maximum absolute atomic E-state index is 5.57. The van der Waals surface area contributed by atoms with E-state index in [1.165, 1.54) is 64.6 Å². The second kappa shape index (κ2) is 6.58. The molecule has 3 nitrogen and oxygen atoms in total. The van der Waals surface area contributed by atoms with Crippen molar-refractivity contribution in [3.8, 4) is 0 Å². The molecule has 0 aromatic heterocycles. The van der Waals surface area contributed by atoms with Crippen molar-refractivity contribution in [2.24, 2.45) is 11.7 Å². The molecule has 2 aliphatic heterocycles. The highest BCUT2D eigenvalue weighted by atomic mass is 15.3. The molecule has 3 heteroatoms. The first kappa shape index (κ1) is 12.3. The Morgan fingerprint density at radius 2 is 1.94 bits per heavy atom. The third-order valence-corrected chi connectivity index (χ3v) is 4.19. The van der Waals surface area contributed by atoms with Crippen LogP contribution >= 0.6 is 0 Å². The van der Waals surface area contributed by atoms with Crippen LogP contribution < -0.4 is 11.1 Å². The van der Waals surface area contributed by atoms with E-state index in [9.17, 15) is 0 Å². The molecule has 1 atom stereocenters. The summed E-state index contributed by atoms with van der Waals surface area (Å²) in [4.78, 5) is 2.66. The van der Waals surface area contributed by atoms with Crippen molar-refractivity contribution in [3.63, 3.8) is 0 Å².